The lowest BCUT2D eigenvalue weighted by molar-refractivity contribution is -0.117. The Morgan fingerprint density at radius 3 is 2.74 bits per heavy atom. The number of aryl methyl sites for hydroxylation is 2. The van der Waals surface area contributed by atoms with E-state index in [1.54, 1.807) is 16.8 Å². The third-order valence-corrected chi connectivity index (χ3v) is 4.76. The minimum Gasteiger partial charge on any atom is -0.322 e. The van der Waals surface area contributed by atoms with Gasteiger partial charge >= 0.3 is 6.03 Å². The summed E-state index contributed by atoms with van der Waals surface area (Å²) in [4.78, 5) is 32.5. The van der Waals surface area contributed by atoms with Crippen molar-refractivity contribution in [1.82, 2.24) is 9.88 Å². The second-order valence-corrected chi connectivity index (χ2v) is 7.27. The smallest absolute Gasteiger partial charge is 0.321 e. The molecule has 3 rings (SSSR count). The van der Waals surface area contributed by atoms with Crippen LogP contribution >= 0.6 is 0 Å². The van der Waals surface area contributed by atoms with Gasteiger partial charge in [0.1, 0.15) is 0 Å². The molecule has 2 heterocycles. The summed E-state index contributed by atoms with van der Waals surface area (Å²) in [6.07, 6.45) is 1.43. The standard InChI is InChI=1S/C21H26N4O2/c1-14-10-15(2)22-18(11-14)13-24(4)21(27)23-17-6-5-7-19(12-17)25-16(3)8-9-20(25)26/h5-7,10-12,16H,8-9,13H2,1-4H3,(H,23,27)/t16-/m1/s1. The Labute approximate surface area is 160 Å². The molecule has 1 atom stereocenters. The molecule has 2 aromatic rings. The van der Waals surface area contributed by atoms with Crippen LogP contribution < -0.4 is 10.2 Å². The largest absolute Gasteiger partial charge is 0.322 e. The number of hydrogen-bond donors (Lipinski definition) is 1. The van der Waals surface area contributed by atoms with Crippen LogP contribution in [-0.4, -0.2) is 34.9 Å². The summed E-state index contributed by atoms with van der Waals surface area (Å²) in [5.74, 6) is 0.129. The van der Waals surface area contributed by atoms with Crippen molar-refractivity contribution in [3.8, 4) is 0 Å². The zero-order valence-electron chi connectivity index (χ0n) is 16.3. The zero-order chi connectivity index (χ0) is 19.6. The summed E-state index contributed by atoms with van der Waals surface area (Å²) in [6.45, 7) is 6.43. The van der Waals surface area contributed by atoms with Gasteiger partial charge in [0.25, 0.3) is 0 Å². The Bertz CT molecular complexity index is 845. The maximum absolute atomic E-state index is 12.6. The van der Waals surface area contributed by atoms with Crippen LogP contribution in [0.15, 0.2) is 36.4 Å². The van der Waals surface area contributed by atoms with E-state index in [-0.39, 0.29) is 18.0 Å². The van der Waals surface area contributed by atoms with Gasteiger partial charge in [-0.05, 0) is 63.1 Å². The van der Waals surface area contributed by atoms with Gasteiger partial charge in [-0.15, -0.1) is 0 Å². The van der Waals surface area contributed by atoms with E-state index in [2.05, 4.69) is 10.3 Å². The minimum absolute atomic E-state index is 0.129. The molecule has 0 saturated carbocycles. The predicted molar refractivity (Wildman–Crippen MR) is 107 cm³/mol. The van der Waals surface area contributed by atoms with E-state index >= 15 is 0 Å². The molecule has 142 valence electrons. The molecule has 1 aromatic carbocycles. The third-order valence-electron chi connectivity index (χ3n) is 4.76. The van der Waals surface area contributed by atoms with E-state index in [0.29, 0.717) is 18.7 Å². The number of anilines is 2. The van der Waals surface area contributed by atoms with Crippen LogP contribution in [0.5, 0.6) is 0 Å². The van der Waals surface area contributed by atoms with Crippen molar-refractivity contribution in [2.75, 3.05) is 17.3 Å². The highest BCUT2D eigenvalue weighted by molar-refractivity contribution is 5.97. The SMILES string of the molecule is Cc1cc(C)nc(CN(C)C(=O)Nc2cccc(N3C(=O)CC[C@H]3C)c2)c1. The molecule has 0 unspecified atom stereocenters. The number of amides is 3. The monoisotopic (exact) mass is 366 g/mol. The lowest BCUT2D eigenvalue weighted by Gasteiger charge is -2.23. The van der Waals surface area contributed by atoms with Gasteiger partial charge in [0.15, 0.2) is 0 Å². The molecule has 1 aliphatic heterocycles. The quantitative estimate of drug-likeness (QED) is 0.893. The maximum Gasteiger partial charge on any atom is 0.321 e. The first-order valence-electron chi connectivity index (χ1n) is 9.22. The fourth-order valence-corrected chi connectivity index (χ4v) is 3.50. The van der Waals surface area contributed by atoms with Crippen molar-refractivity contribution in [2.24, 2.45) is 0 Å². The highest BCUT2D eigenvalue weighted by atomic mass is 16.2. The first-order chi connectivity index (χ1) is 12.8. The number of nitrogens with zero attached hydrogens (tertiary/aromatic N) is 3. The maximum atomic E-state index is 12.6. The lowest BCUT2D eigenvalue weighted by atomic mass is 10.2. The molecule has 1 saturated heterocycles. The number of pyridine rings is 1. The molecule has 0 aliphatic carbocycles. The number of carbonyl (C=O) groups excluding carboxylic acids is 2. The normalized spacial score (nSPS) is 16.5. The first kappa shape index (κ1) is 18.9. The Kier molecular flexibility index (Phi) is 5.44. The van der Waals surface area contributed by atoms with E-state index in [4.69, 9.17) is 0 Å². The number of carbonyl (C=O) groups is 2. The Hall–Kier alpha value is -2.89. The van der Waals surface area contributed by atoms with Crippen molar-refractivity contribution < 1.29 is 9.59 Å². The van der Waals surface area contributed by atoms with Crippen LogP contribution in [0, 0.1) is 13.8 Å². The van der Waals surface area contributed by atoms with Crippen LogP contribution in [0.25, 0.3) is 0 Å². The van der Waals surface area contributed by atoms with Crippen LogP contribution in [0.3, 0.4) is 0 Å². The summed E-state index contributed by atoms with van der Waals surface area (Å²) < 4.78 is 0. The molecular formula is C21H26N4O2. The van der Waals surface area contributed by atoms with Gasteiger partial charge < -0.3 is 15.1 Å². The number of benzene rings is 1. The average Bonchev–Trinajstić information content (AvgIpc) is 2.92. The Morgan fingerprint density at radius 2 is 2.07 bits per heavy atom. The van der Waals surface area contributed by atoms with Crippen molar-refractivity contribution in [3.05, 3.63) is 53.3 Å². The van der Waals surface area contributed by atoms with Crippen LogP contribution in [0.4, 0.5) is 16.2 Å². The molecule has 0 radical (unpaired) electrons. The van der Waals surface area contributed by atoms with Gasteiger partial charge in [-0.2, -0.15) is 0 Å². The summed E-state index contributed by atoms with van der Waals surface area (Å²) in [5, 5.41) is 2.91. The summed E-state index contributed by atoms with van der Waals surface area (Å²) in [7, 11) is 1.74. The fraction of sp³-hybridized carbons (Fsp3) is 0.381. The molecule has 1 aliphatic rings. The van der Waals surface area contributed by atoms with E-state index in [0.717, 1.165) is 29.1 Å². The second-order valence-electron chi connectivity index (χ2n) is 7.27. The molecule has 3 amide bonds. The second kappa shape index (κ2) is 7.78. The molecular weight excluding hydrogens is 340 g/mol. The number of urea groups is 1. The Balaban J connectivity index is 1.68. The average molecular weight is 366 g/mol. The van der Waals surface area contributed by atoms with Crippen molar-refractivity contribution in [2.45, 2.75) is 46.2 Å². The fourth-order valence-electron chi connectivity index (χ4n) is 3.50. The van der Waals surface area contributed by atoms with Gasteiger partial charge in [-0.3, -0.25) is 9.78 Å². The predicted octanol–water partition coefficient (Wildman–Crippen LogP) is 3.88. The van der Waals surface area contributed by atoms with E-state index in [1.807, 2.05) is 57.2 Å². The van der Waals surface area contributed by atoms with Crippen LogP contribution in [-0.2, 0) is 11.3 Å². The topological polar surface area (TPSA) is 65.5 Å². The van der Waals surface area contributed by atoms with E-state index < -0.39 is 0 Å². The molecule has 1 N–H and O–H groups in total. The highest BCUT2D eigenvalue weighted by Gasteiger charge is 2.28. The minimum atomic E-state index is -0.214. The molecule has 0 bridgehead atoms. The molecule has 6 heteroatoms. The third kappa shape index (κ3) is 4.45. The highest BCUT2D eigenvalue weighted by Crippen LogP contribution is 2.28. The van der Waals surface area contributed by atoms with Gasteiger partial charge in [0, 0.05) is 36.6 Å². The van der Waals surface area contributed by atoms with Crippen molar-refractivity contribution >= 4 is 23.3 Å². The molecule has 0 spiro atoms. The van der Waals surface area contributed by atoms with E-state index in [1.165, 1.54) is 0 Å². The zero-order valence-corrected chi connectivity index (χ0v) is 16.3. The van der Waals surface area contributed by atoms with Gasteiger partial charge in [-0.1, -0.05) is 6.07 Å². The molecule has 1 aromatic heterocycles. The van der Waals surface area contributed by atoms with Gasteiger partial charge in [0.05, 0.1) is 12.2 Å². The lowest BCUT2D eigenvalue weighted by Crippen LogP contribution is -2.32. The Morgan fingerprint density at radius 1 is 1.30 bits per heavy atom. The molecule has 27 heavy (non-hydrogen) atoms. The number of aromatic nitrogens is 1. The summed E-state index contributed by atoms with van der Waals surface area (Å²) >= 11 is 0. The number of rotatable bonds is 4. The molecule has 6 nitrogen and oxygen atoms in total. The number of hydrogen-bond acceptors (Lipinski definition) is 3. The van der Waals surface area contributed by atoms with Gasteiger partial charge in [-0.25, -0.2) is 4.79 Å². The summed E-state index contributed by atoms with van der Waals surface area (Å²) in [6, 6.07) is 11.4. The van der Waals surface area contributed by atoms with Crippen molar-refractivity contribution in [3.63, 3.8) is 0 Å². The number of nitrogens with one attached hydrogen (secondary N) is 1. The van der Waals surface area contributed by atoms with E-state index in [9.17, 15) is 9.59 Å². The van der Waals surface area contributed by atoms with Crippen LogP contribution in [0.1, 0.15) is 36.7 Å². The van der Waals surface area contributed by atoms with Gasteiger partial charge in [0.2, 0.25) is 5.91 Å². The van der Waals surface area contributed by atoms with Crippen LogP contribution in [0.2, 0.25) is 0 Å². The van der Waals surface area contributed by atoms with Crippen molar-refractivity contribution in [1.29, 1.82) is 0 Å². The summed E-state index contributed by atoms with van der Waals surface area (Å²) in [5.41, 5.74) is 4.42. The molecule has 1 fully saturated rings. The first-order valence-corrected chi connectivity index (χ1v) is 9.22.